The second-order valence-corrected chi connectivity index (χ2v) is 6.13. The maximum Gasteiger partial charge on any atom is 0.241 e. The van der Waals surface area contributed by atoms with Gasteiger partial charge in [0.05, 0.1) is 18.5 Å². The second-order valence-electron chi connectivity index (χ2n) is 6.13. The van der Waals surface area contributed by atoms with Gasteiger partial charge in [0.25, 0.3) is 0 Å². The Labute approximate surface area is 125 Å². The normalized spacial score (nSPS) is 27.7. The van der Waals surface area contributed by atoms with Gasteiger partial charge in [-0.1, -0.05) is 25.0 Å². The van der Waals surface area contributed by atoms with Crippen LogP contribution in [0.15, 0.2) is 24.3 Å². The number of hydrogen-bond donors (Lipinski definition) is 2. The molecule has 1 aliphatic heterocycles. The molecule has 110 valence electrons. The predicted octanol–water partition coefficient (Wildman–Crippen LogP) is 2.61. The van der Waals surface area contributed by atoms with Crippen molar-refractivity contribution in [3.8, 4) is 6.07 Å². The van der Waals surface area contributed by atoms with E-state index in [9.17, 15) is 4.79 Å². The highest BCUT2D eigenvalue weighted by Crippen LogP contribution is 2.33. The monoisotopic (exact) mass is 283 g/mol. The molecule has 1 aromatic carbocycles. The number of hydrogen-bond acceptors (Lipinski definition) is 3. The molecule has 3 atom stereocenters. The second kappa shape index (κ2) is 6.28. The Hall–Kier alpha value is -1.86. The average Bonchev–Trinajstić information content (AvgIpc) is 2.94. The number of anilines is 1. The lowest BCUT2D eigenvalue weighted by Gasteiger charge is -2.24. The lowest BCUT2D eigenvalue weighted by molar-refractivity contribution is -0.117. The summed E-state index contributed by atoms with van der Waals surface area (Å²) in [5, 5.41) is 15.1. The summed E-state index contributed by atoms with van der Waals surface area (Å²) in [4.78, 5) is 12.3. The number of amides is 1. The Balaban J connectivity index is 1.57. The SMILES string of the molecule is N#CCc1ccc(NC(=O)C2CC3CCCCC3N2)cc1. The molecule has 2 N–H and O–H groups in total. The summed E-state index contributed by atoms with van der Waals surface area (Å²) < 4.78 is 0. The van der Waals surface area contributed by atoms with Crippen LogP contribution in [0.5, 0.6) is 0 Å². The first-order chi connectivity index (χ1) is 10.3. The molecule has 1 aliphatic carbocycles. The van der Waals surface area contributed by atoms with Crippen molar-refractivity contribution in [2.45, 2.75) is 50.6 Å². The van der Waals surface area contributed by atoms with Gasteiger partial charge in [0.15, 0.2) is 0 Å². The molecular weight excluding hydrogens is 262 g/mol. The van der Waals surface area contributed by atoms with Gasteiger partial charge >= 0.3 is 0 Å². The van der Waals surface area contributed by atoms with Crippen molar-refractivity contribution >= 4 is 11.6 Å². The molecule has 3 rings (SSSR count). The van der Waals surface area contributed by atoms with Gasteiger partial charge in [0, 0.05) is 11.7 Å². The van der Waals surface area contributed by atoms with E-state index in [0.29, 0.717) is 18.4 Å². The zero-order valence-electron chi connectivity index (χ0n) is 12.1. The van der Waals surface area contributed by atoms with Gasteiger partial charge in [-0.25, -0.2) is 0 Å². The number of benzene rings is 1. The van der Waals surface area contributed by atoms with Crippen LogP contribution in [0, 0.1) is 17.2 Å². The maximum atomic E-state index is 12.3. The lowest BCUT2D eigenvalue weighted by Crippen LogP contribution is -2.39. The summed E-state index contributed by atoms with van der Waals surface area (Å²) in [5.74, 6) is 0.741. The molecule has 1 heterocycles. The van der Waals surface area contributed by atoms with Gasteiger partial charge in [-0.3, -0.25) is 4.79 Å². The average molecular weight is 283 g/mol. The number of rotatable bonds is 3. The molecule has 0 radical (unpaired) electrons. The van der Waals surface area contributed by atoms with Crippen LogP contribution in [-0.2, 0) is 11.2 Å². The summed E-state index contributed by atoms with van der Waals surface area (Å²) in [6.07, 6.45) is 6.41. The fraction of sp³-hybridized carbons (Fsp3) is 0.529. The molecule has 2 fully saturated rings. The highest BCUT2D eigenvalue weighted by Gasteiger charge is 2.38. The molecule has 0 spiro atoms. The molecule has 21 heavy (non-hydrogen) atoms. The standard InChI is InChI=1S/C17H21N3O/c18-10-9-12-5-7-14(8-6-12)19-17(21)16-11-13-3-1-2-4-15(13)20-16/h5-8,13,15-16,20H,1-4,9,11H2,(H,19,21). The molecule has 1 saturated heterocycles. The zero-order valence-corrected chi connectivity index (χ0v) is 12.1. The van der Waals surface area contributed by atoms with Crippen molar-refractivity contribution in [3.05, 3.63) is 29.8 Å². The van der Waals surface area contributed by atoms with Crippen molar-refractivity contribution in [1.29, 1.82) is 5.26 Å². The Morgan fingerprint density at radius 1 is 1.29 bits per heavy atom. The Morgan fingerprint density at radius 2 is 2.05 bits per heavy atom. The Kier molecular flexibility index (Phi) is 4.21. The third-order valence-corrected chi connectivity index (χ3v) is 4.68. The van der Waals surface area contributed by atoms with E-state index < -0.39 is 0 Å². The van der Waals surface area contributed by atoms with E-state index in [4.69, 9.17) is 5.26 Å². The molecule has 1 saturated carbocycles. The van der Waals surface area contributed by atoms with Crippen LogP contribution in [0.3, 0.4) is 0 Å². The van der Waals surface area contributed by atoms with Crippen LogP contribution in [0.2, 0.25) is 0 Å². The largest absolute Gasteiger partial charge is 0.325 e. The van der Waals surface area contributed by atoms with Crippen LogP contribution in [-0.4, -0.2) is 18.0 Å². The highest BCUT2D eigenvalue weighted by molar-refractivity contribution is 5.95. The molecule has 3 unspecified atom stereocenters. The number of fused-ring (bicyclic) bond motifs is 1. The molecular formula is C17H21N3O. The van der Waals surface area contributed by atoms with Crippen LogP contribution in [0.25, 0.3) is 0 Å². The third kappa shape index (κ3) is 3.25. The molecule has 0 aromatic heterocycles. The molecule has 1 aromatic rings. The summed E-state index contributed by atoms with van der Waals surface area (Å²) >= 11 is 0. The van der Waals surface area contributed by atoms with Gasteiger partial charge in [-0.2, -0.15) is 5.26 Å². The fourth-order valence-corrected chi connectivity index (χ4v) is 3.55. The molecule has 0 bridgehead atoms. The minimum absolute atomic E-state index is 0.0584. The fourth-order valence-electron chi connectivity index (χ4n) is 3.55. The zero-order chi connectivity index (χ0) is 14.7. The van der Waals surface area contributed by atoms with Gasteiger partial charge in [0.1, 0.15) is 0 Å². The van der Waals surface area contributed by atoms with Crippen molar-refractivity contribution in [2.24, 2.45) is 5.92 Å². The minimum Gasteiger partial charge on any atom is -0.325 e. The third-order valence-electron chi connectivity index (χ3n) is 4.68. The minimum atomic E-state index is -0.0584. The Bertz CT molecular complexity index is 532. The first-order valence-corrected chi connectivity index (χ1v) is 7.79. The van der Waals surface area contributed by atoms with E-state index in [2.05, 4.69) is 16.7 Å². The van der Waals surface area contributed by atoms with Gasteiger partial charge < -0.3 is 10.6 Å². The summed E-state index contributed by atoms with van der Waals surface area (Å²) in [5.41, 5.74) is 1.78. The summed E-state index contributed by atoms with van der Waals surface area (Å²) in [6, 6.07) is 10.1. The van der Waals surface area contributed by atoms with E-state index in [0.717, 1.165) is 17.7 Å². The van der Waals surface area contributed by atoms with Crippen molar-refractivity contribution in [3.63, 3.8) is 0 Å². The summed E-state index contributed by atoms with van der Waals surface area (Å²) in [6.45, 7) is 0. The predicted molar refractivity (Wildman–Crippen MR) is 81.7 cm³/mol. The summed E-state index contributed by atoms with van der Waals surface area (Å²) in [7, 11) is 0. The number of carbonyl (C=O) groups excluding carboxylic acids is 1. The van der Waals surface area contributed by atoms with E-state index in [1.54, 1.807) is 0 Å². The lowest BCUT2D eigenvalue weighted by atomic mass is 9.85. The number of carbonyl (C=O) groups is 1. The van der Waals surface area contributed by atoms with Crippen LogP contribution in [0.4, 0.5) is 5.69 Å². The topological polar surface area (TPSA) is 64.9 Å². The van der Waals surface area contributed by atoms with Crippen molar-refractivity contribution < 1.29 is 4.79 Å². The van der Waals surface area contributed by atoms with E-state index >= 15 is 0 Å². The van der Waals surface area contributed by atoms with Gasteiger partial charge in [-0.15, -0.1) is 0 Å². The van der Waals surface area contributed by atoms with E-state index in [1.165, 1.54) is 25.7 Å². The van der Waals surface area contributed by atoms with E-state index in [1.807, 2.05) is 24.3 Å². The Morgan fingerprint density at radius 3 is 2.76 bits per heavy atom. The van der Waals surface area contributed by atoms with Gasteiger partial charge in [-0.05, 0) is 42.9 Å². The molecule has 2 aliphatic rings. The first-order valence-electron chi connectivity index (χ1n) is 7.79. The number of nitrogens with one attached hydrogen (secondary N) is 2. The van der Waals surface area contributed by atoms with Crippen LogP contribution < -0.4 is 10.6 Å². The quantitative estimate of drug-likeness (QED) is 0.896. The number of nitriles is 1. The first kappa shape index (κ1) is 14.1. The molecule has 4 heteroatoms. The van der Waals surface area contributed by atoms with Crippen LogP contribution in [0.1, 0.15) is 37.7 Å². The van der Waals surface area contributed by atoms with Crippen molar-refractivity contribution in [1.82, 2.24) is 5.32 Å². The van der Waals surface area contributed by atoms with Gasteiger partial charge in [0.2, 0.25) is 5.91 Å². The smallest absolute Gasteiger partial charge is 0.241 e. The van der Waals surface area contributed by atoms with Crippen molar-refractivity contribution in [2.75, 3.05) is 5.32 Å². The molecule has 4 nitrogen and oxygen atoms in total. The van der Waals surface area contributed by atoms with E-state index in [-0.39, 0.29) is 11.9 Å². The maximum absolute atomic E-state index is 12.3. The highest BCUT2D eigenvalue weighted by atomic mass is 16.2. The van der Waals surface area contributed by atoms with Crippen LogP contribution >= 0.6 is 0 Å². The molecule has 1 amide bonds. The number of nitrogens with zero attached hydrogens (tertiary/aromatic N) is 1.